The lowest BCUT2D eigenvalue weighted by Crippen LogP contribution is -2.72. The third-order valence-corrected chi connectivity index (χ3v) is 1.49. The Balaban J connectivity index is 2.54. The summed E-state index contributed by atoms with van der Waals surface area (Å²) in [5.74, 6) is 0.959. The quantitative estimate of drug-likeness (QED) is 0.509. The molecule has 1 aromatic rings. The molecular formula is C8H8NO+. The highest BCUT2D eigenvalue weighted by atomic mass is 16.5. The van der Waals surface area contributed by atoms with Crippen molar-refractivity contribution in [3.63, 3.8) is 0 Å². The molecule has 1 aromatic carbocycles. The monoisotopic (exact) mass is 134 g/mol. The first-order chi connectivity index (χ1) is 4.97. The molecule has 0 atom stereocenters. The smallest absolute Gasteiger partial charge is 0.285 e. The van der Waals surface area contributed by atoms with Gasteiger partial charge in [-0.1, -0.05) is 12.1 Å². The Labute approximate surface area is 59.2 Å². The van der Waals surface area contributed by atoms with Crippen molar-refractivity contribution < 1.29 is 9.73 Å². The van der Waals surface area contributed by atoms with Gasteiger partial charge in [-0.25, -0.2) is 4.99 Å². The van der Waals surface area contributed by atoms with Crippen molar-refractivity contribution in [3.05, 3.63) is 29.8 Å². The fourth-order valence-corrected chi connectivity index (χ4v) is 1.00. The van der Waals surface area contributed by atoms with Gasteiger partial charge in [-0.2, -0.15) is 0 Å². The van der Waals surface area contributed by atoms with E-state index in [9.17, 15) is 0 Å². The molecule has 50 valence electrons. The molecule has 10 heavy (non-hydrogen) atoms. The van der Waals surface area contributed by atoms with Crippen LogP contribution in [0.3, 0.4) is 0 Å². The molecule has 0 radical (unpaired) electrons. The van der Waals surface area contributed by atoms with E-state index in [-0.39, 0.29) is 0 Å². The van der Waals surface area contributed by atoms with E-state index in [1.165, 1.54) is 0 Å². The summed E-state index contributed by atoms with van der Waals surface area (Å²) >= 11 is 0. The molecule has 1 N–H and O–H groups in total. The normalized spacial score (nSPS) is 14.0. The molecule has 0 aliphatic carbocycles. The number of ether oxygens (including phenoxy) is 1. The van der Waals surface area contributed by atoms with Crippen LogP contribution in [0.5, 0.6) is 5.75 Å². The van der Waals surface area contributed by atoms with Crippen molar-refractivity contribution in [1.82, 2.24) is 0 Å². The predicted molar refractivity (Wildman–Crippen MR) is 38.1 cm³/mol. The van der Waals surface area contributed by atoms with Crippen LogP contribution in [0.25, 0.3) is 0 Å². The highest BCUT2D eigenvalue weighted by Crippen LogP contribution is 2.14. The van der Waals surface area contributed by atoms with Gasteiger partial charge < -0.3 is 4.74 Å². The Hall–Kier alpha value is -1.31. The number of nitrogens with one attached hydrogen (secondary N) is 1. The van der Waals surface area contributed by atoms with E-state index in [1.807, 2.05) is 30.5 Å². The zero-order chi connectivity index (χ0) is 6.81. The van der Waals surface area contributed by atoms with Gasteiger partial charge in [0.15, 0.2) is 6.21 Å². The molecule has 1 aliphatic heterocycles. The fraction of sp³-hybridized carbons (Fsp3) is 0.125. The number of benzene rings is 1. The average molecular weight is 134 g/mol. The van der Waals surface area contributed by atoms with E-state index in [2.05, 4.69) is 4.99 Å². The van der Waals surface area contributed by atoms with Gasteiger partial charge in [0.2, 0.25) is 0 Å². The highest BCUT2D eigenvalue weighted by Gasteiger charge is 2.06. The molecule has 0 amide bonds. The second-order valence-electron chi connectivity index (χ2n) is 2.17. The predicted octanol–water partition coefficient (Wildman–Crippen LogP) is -0.464. The zero-order valence-corrected chi connectivity index (χ0v) is 5.50. The lowest BCUT2D eigenvalue weighted by molar-refractivity contribution is -0.492. The lowest BCUT2D eigenvalue weighted by atomic mass is 10.2. The molecule has 1 aliphatic rings. The Bertz CT molecular complexity index is 268. The van der Waals surface area contributed by atoms with Gasteiger partial charge in [0.05, 0.1) is 5.56 Å². The molecule has 2 nitrogen and oxygen atoms in total. The van der Waals surface area contributed by atoms with Crippen molar-refractivity contribution in [2.75, 3.05) is 6.73 Å². The summed E-state index contributed by atoms with van der Waals surface area (Å²) in [6, 6.07) is 7.94. The first-order valence-electron chi connectivity index (χ1n) is 3.25. The van der Waals surface area contributed by atoms with Crippen LogP contribution in [0.4, 0.5) is 0 Å². The van der Waals surface area contributed by atoms with E-state index in [0.29, 0.717) is 6.73 Å². The maximum absolute atomic E-state index is 5.28. The number of hydrogen-bond acceptors (Lipinski definition) is 1. The zero-order valence-electron chi connectivity index (χ0n) is 5.50. The molecular weight excluding hydrogens is 126 g/mol. The Kier molecular flexibility index (Phi) is 1.17. The van der Waals surface area contributed by atoms with Crippen molar-refractivity contribution in [3.8, 4) is 5.75 Å². The Morgan fingerprint density at radius 2 is 2.20 bits per heavy atom. The third-order valence-electron chi connectivity index (χ3n) is 1.49. The summed E-state index contributed by atoms with van der Waals surface area (Å²) in [5, 5.41) is 0. The van der Waals surface area contributed by atoms with Crippen molar-refractivity contribution in [2.24, 2.45) is 0 Å². The third kappa shape index (κ3) is 0.778. The second kappa shape index (κ2) is 2.14. The minimum absolute atomic E-state index is 0.580. The van der Waals surface area contributed by atoms with Crippen LogP contribution in [-0.4, -0.2) is 12.9 Å². The molecule has 0 unspecified atom stereocenters. The maximum Gasteiger partial charge on any atom is 0.285 e. The van der Waals surface area contributed by atoms with Crippen LogP contribution in [0.15, 0.2) is 24.3 Å². The molecule has 1 heterocycles. The summed E-state index contributed by atoms with van der Waals surface area (Å²) in [6.45, 7) is 0.580. The highest BCUT2D eigenvalue weighted by molar-refractivity contribution is 5.79. The van der Waals surface area contributed by atoms with Gasteiger partial charge >= 0.3 is 0 Å². The standard InChI is InChI=1S/C8H7NO/c1-2-4-8-7(3-1)5-9-6-10-8/h1-5H,6H2/p+1. The van der Waals surface area contributed by atoms with Crippen LogP contribution >= 0.6 is 0 Å². The van der Waals surface area contributed by atoms with Gasteiger partial charge in [-0.05, 0) is 12.1 Å². The van der Waals surface area contributed by atoms with Crippen molar-refractivity contribution >= 4 is 6.21 Å². The van der Waals surface area contributed by atoms with Crippen molar-refractivity contribution in [2.45, 2.75) is 0 Å². The minimum atomic E-state index is 0.580. The molecule has 0 spiro atoms. The number of rotatable bonds is 0. The van der Waals surface area contributed by atoms with Crippen molar-refractivity contribution in [1.29, 1.82) is 0 Å². The topological polar surface area (TPSA) is 23.2 Å². The number of hydrogen-bond donors (Lipinski definition) is 1. The molecule has 0 saturated heterocycles. The van der Waals surface area contributed by atoms with Crippen LogP contribution in [0, 0.1) is 0 Å². The Morgan fingerprint density at radius 1 is 1.30 bits per heavy atom. The molecule has 2 rings (SSSR count). The van der Waals surface area contributed by atoms with Gasteiger partial charge in [-0.15, -0.1) is 0 Å². The van der Waals surface area contributed by atoms with E-state index in [0.717, 1.165) is 11.3 Å². The second-order valence-corrected chi connectivity index (χ2v) is 2.17. The van der Waals surface area contributed by atoms with Crippen LogP contribution < -0.4 is 9.73 Å². The largest absolute Gasteiger partial charge is 0.435 e. The van der Waals surface area contributed by atoms with E-state index in [4.69, 9.17) is 4.74 Å². The van der Waals surface area contributed by atoms with E-state index < -0.39 is 0 Å². The Morgan fingerprint density at radius 3 is 3.10 bits per heavy atom. The first-order valence-corrected chi connectivity index (χ1v) is 3.25. The summed E-state index contributed by atoms with van der Waals surface area (Å²) in [4.78, 5) is 2.99. The molecule has 0 aromatic heterocycles. The van der Waals surface area contributed by atoms with Crippen LogP contribution in [0.1, 0.15) is 5.56 Å². The maximum atomic E-state index is 5.28. The summed E-state index contributed by atoms with van der Waals surface area (Å²) < 4.78 is 5.28. The summed E-state index contributed by atoms with van der Waals surface area (Å²) in [6.07, 6.45) is 1.96. The van der Waals surface area contributed by atoms with Gasteiger partial charge in [0.25, 0.3) is 6.73 Å². The lowest BCUT2D eigenvalue weighted by Gasteiger charge is -2.05. The summed E-state index contributed by atoms with van der Waals surface area (Å²) in [7, 11) is 0. The van der Waals surface area contributed by atoms with Gasteiger partial charge in [-0.3, -0.25) is 0 Å². The molecule has 0 saturated carbocycles. The first kappa shape index (κ1) is 5.47. The summed E-state index contributed by atoms with van der Waals surface area (Å²) in [5.41, 5.74) is 1.12. The van der Waals surface area contributed by atoms with Crippen LogP contribution in [-0.2, 0) is 0 Å². The van der Waals surface area contributed by atoms with E-state index >= 15 is 0 Å². The molecule has 2 heteroatoms. The molecule has 0 bridgehead atoms. The number of fused-ring (bicyclic) bond motifs is 1. The molecule has 0 fully saturated rings. The fourth-order valence-electron chi connectivity index (χ4n) is 1.00. The number of para-hydroxylation sites is 1. The van der Waals surface area contributed by atoms with E-state index in [1.54, 1.807) is 0 Å². The minimum Gasteiger partial charge on any atom is -0.435 e. The average Bonchev–Trinajstić information content (AvgIpc) is 2.05. The SMILES string of the molecule is C1=[NH+]COc2ccccc21. The van der Waals surface area contributed by atoms with Gasteiger partial charge in [0, 0.05) is 0 Å². The van der Waals surface area contributed by atoms with Crippen LogP contribution in [0.2, 0.25) is 0 Å². The van der Waals surface area contributed by atoms with Gasteiger partial charge in [0.1, 0.15) is 5.75 Å².